The van der Waals surface area contributed by atoms with Gasteiger partial charge in [0.1, 0.15) is 0 Å². The van der Waals surface area contributed by atoms with Crippen LogP contribution in [-0.4, -0.2) is 0 Å². The van der Waals surface area contributed by atoms with Gasteiger partial charge in [-0.1, -0.05) is 48.6 Å². The second-order valence-corrected chi connectivity index (χ2v) is 3.38. The van der Waals surface area contributed by atoms with Gasteiger partial charge in [0.05, 0.1) is 0 Å². The van der Waals surface area contributed by atoms with E-state index >= 15 is 0 Å². The lowest BCUT2D eigenvalue weighted by Gasteiger charge is -2.20. The third-order valence-corrected chi connectivity index (χ3v) is 2.50. The van der Waals surface area contributed by atoms with Crippen molar-refractivity contribution in [2.75, 3.05) is 0 Å². The summed E-state index contributed by atoms with van der Waals surface area (Å²) in [6, 6.07) is 0. The number of allylic oxidation sites excluding steroid dienone is 8. The first-order valence-corrected chi connectivity index (χ1v) is 4.63. The first kappa shape index (κ1) is 7.60. The van der Waals surface area contributed by atoms with E-state index in [0.717, 1.165) is 6.42 Å². The molecule has 0 heterocycles. The van der Waals surface area contributed by atoms with Crippen molar-refractivity contribution >= 4 is 0 Å². The fraction of sp³-hybridized carbons (Fsp3) is 0.333. The zero-order valence-corrected chi connectivity index (χ0v) is 7.19. The Kier molecular flexibility index (Phi) is 2.26. The molecule has 2 rings (SSSR count). The fourth-order valence-corrected chi connectivity index (χ4v) is 1.78. The van der Waals surface area contributed by atoms with Crippen LogP contribution in [-0.2, 0) is 0 Å². The van der Waals surface area contributed by atoms with E-state index in [1.807, 2.05) is 0 Å². The first-order chi connectivity index (χ1) is 5.97. The zero-order valence-electron chi connectivity index (χ0n) is 7.19. The molecule has 0 nitrogen and oxygen atoms in total. The summed E-state index contributed by atoms with van der Waals surface area (Å²) in [4.78, 5) is 0. The SMILES string of the molecule is C1=CCC(C2C=CCC=C2)C=C1. The van der Waals surface area contributed by atoms with Crippen molar-refractivity contribution in [1.82, 2.24) is 0 Å². The van der Waals surface area contributed by atoms with Gasteiger partial charge >= 0.3 is 0 Å². The van der Waals surface area contributed by atoms with Gasteiger partial charge < -0.3 is 0 Å². The minimum absolute atomic E-state index is 0.639. The highest BCUT2D eigenvalue weighted by Gasteiger charge is 2.14. The summed E-state index contributed by atoms with van der Waals surface area (Å²) in [5.41, 5.74) is 0. The lowest BCUT2D eigenvalue weighted by atomic mass is 9.85. The number of hydrogen-bond donors (Lipinski definition) is 0. The second-order valence-electron chi connectivity index (χ2n) is 3.38. The highest BCUT2D eigenvalue weighted by atomic mass is 14.2. The molecule has 0 fully saturated rings. The smallest absolute Gasteiger partial charge is 0.00127 e. The predicted octanol–water partition coefficient (Wildman–Crippen LogP) is 3.25. The molecule has 1 atom stereocenters. The molecule has 0 bridgehead atoms. The Hall–Kier alpha value is -1.04. The van der Waals surface area contributed by atoms with Crippen LogP contribution in [0.25, 0.3) is 0 Å². The van der Waals surface area contributed by atoms with Crippen LogP contribution in [0.5, 0.6) is 0 Å². The number of rotatable bonds is 1. The third-order valence-electron chi connectivity index (χ3n) is 2.50. The van der Waals surface area contributed by atoms with Gasteiger partial charge in [-0.2, -0.15) is 0 Å². The fourth-order valence-electron chi connectivity index (χ4n) is 1.78. The predicted molar refractivity (Wildman–Crippen MR) is 52.8 cm³/mol. The monoisotopic (exact) mass is 158 g/mol. The lowest BCUT2D eigenvalue weighted by molar-refractivity contribution is 0.555. The largest absolute Gasteiger partial charge is 0.0841 e. The van der Waals surface area contributed by atoms with E-state index in [-0.39, 0.29) is 0 Å². The quantitative estimate of drug-likeness (QED) is 0.514. The standard InChI is InChI=1S/C12H14/c1-3-7-11(8-4-1)12-9-5-2-6-10-12/h1,3-7,9-12H,2,8H2. The van der Waals surface area contributed by atoms with Crippen molar-refractivity contribution in [3.05, 3.63) is 48.6 Å². The minimum Gasteiger partial charge on any atom is -0.0841 e. The van der Waals surface area contributed by atoms with Gasteiger partial charge in [-0.05, 0) is 18.8 Å². The summed E-state index contributed by atoms with van der Waals surface area (Å²) in [5.74, 6) is 1.34. The molecule has 12 heavy (non-hydrogen) atoms. The van der Waals surface area contributed by atoms with Crippen LogP contribution in [0.1, 0.15) is 12.8 Å². The van der Waals surface area contributed by atoms with Gasteiger partial charge in [-0.3, -0.25) is 0 Å². The lowest BCUT2D eigenvalue weighted by Crippen LogP contribution is -2.09. The van der Waals surface area contributed by atoms with Gasteiger partial charge in [0, 0.05) is 5.92 Å². The van der Waals surface area contributed by atoms with E-state index in [1.54, 1.807) is 0 Å². The van der Waals surface area contributed by atoms with Crippen LogP contribution in [0.15, 0.2) is 48.6 Å². The average Bonchev–Trinajstić information content (AvgIpc) is 2.21. The molecule has 0 amide bonds. The summed E-state index contributed by atoms with van der Waals surface area (Å²) in [5, 5.41) is 0. The first-order valence-electron chi connectivity index (χ1n) is 4.63. The van der Waals surface area contributed by atoms with Crippen LogP contribution in [0.2, 0.25) is 0 Å². The van der Waals surface area contributed by atoms with Gasteiger partial charge in [0.2, 0.25) is 0 Å². The van der Waals surface area contributed by atoms with E-state index < -0.39 is 0 Å². The van der Waals surface area contributed by atoms with Crippen molar-refractivity contribution in [2.24, 2.45) is 11.8 Å². The topological polar surface area (TPSA) is 0 Å². The molecular weight excluding hydrogens is 144 g/mol. The van der Waals surface area contributed by atoms with E-state index in [0.29, 0.717) is 11.8 Å². The Balaban J connectivity index is 2.04. The molecule has 2 aliphatic carbocycles. The van der Waals surface area contributed by atoms with Crippen LogP contribution in [0.3, 0.4) is 0 Å². The number of hydrogen-bond acceptors (Lipinski definition) is 0. The Morgan fingerprint density at radius 2 is 1.67 bits per heavy atom. The molecule has 1 unspecified atom stereocenters. The molecule has 0 N–H and O–H groups in total. The van der Waals surface area contributed by atoms with Crippen LogP contribution in [0.4, 0.5) is 0 Å². The molecular formula is C12H14. The molecule has 0 aliphatic heterocycles. The molecule has 0 saturated heterocycles. The summed E-state index contributed by atoms with van der Waals surface area (Å²) in [6.45, 7) is 0. The third kappa shape index (κ3) is 1.58. The Morgan fingerprint density at radius 3 is 2.33 bits per heavy atom. The van der Waals surface area contributed by atoms with Crippen molar-refractivity contribution in [3.63, 3.8) is 0 Å². The minimum atomic E-state index is 0.639. The van der Waals surface area contributed by atoms with Gasteiger partial charge in [0.15, 0.2) is 0 Å². The molecule has 0 aromatic carbocycles. The summed E-state index contributed by atoms with van der Waals surface area (Å²) < 4.78 is 0. The molecule has 0 saturated carbocycles. The van der Waals surface area contributed by atoms with Crippen molar-refractivity contribution in [3.8, 4) is 0 Å². The maximum absolute atomic E-state index is 2.33. The van der Waals surface area contributed by atoms with Crippen LogP contribution >= 0.6 is 0 Å². The highest BCUT2D eigenvalue weighted by Crippen LogP contribution is 2.25. The Bertz CT molecular complexity index is 241. The van der Waals surface area contributed by atoms with Crippen LogP contribution in [0, 0.1) is 11.8 Å². The van der Waals surface area contributed by atoms with E-state index in [4.69, 9.17) is 0 Å². The van der Waals surface area contributed by atoms with Gasteiger partial charge in [-0.25, -0.2) is 0 Å². The van der Waals surface area contributed by atoms with E-state index in [2.05, 4.69) is 48.6 Å². The average molecular weight is 158 g/mol. The molecule has 0 heteroatoms. The normalized spacial score (nSPS) is 28.2. The van der Waals surface area contributed by atoms with Crippen LogP contribution < -0.4 is 0 Å². The van der Waals surface area contributed by atoms with Crippen molar-refractivity contribution < 1.29 is 0 Å². The van der Waals surface area contributed by atoms with E-state index in [1.165, 1.54) is 6.42 Å². The second kappa shape index (κ2) is 3.57. The summed E-state index contributed by atoms with van der Waals surface area (Å²) in [6.07, 6.45) is 20.3. The van der Waals surface area contributed by atoms with Gasteiger partial charge in [0.25, 0.3) is 0 Å². The molecule has 62 valence electrons. The molecule has 0 aromatic heterocycles. The van der Waals surface area contributed by atoms with Gasteiger partial charge in [-0.15, -0.1) is 0 Å². The molecule has 2 aliphatic rings. The Labute approximate surface area is 74.0 Å². The summed E-state index contributed by atoms with van der Waals surface area (Å²) in [7, 11) is 0. The van der Waals surface area contributed by atoms with E-state index in [9.17, 15) is 0 Å². The zero-order chi connectivity index (χ0) is 8.23. The Morgan fingerprint density at radius 1 is 0.833 bits per heavy atom. The molecule has 0 spiro atoms. The van der Waals surface area contributed by atoms with Crippen molar-refractivity contribution in [2.45, 2.75) is 12.8 Å². The summed E-state index contributed by atoms with van der Waals surface area (Å²) >= 11 is 0. The highest BCUT2D eigenvalue weighted by molar-refractivity contribution is 5.19. The maximum atomic E-state index is 2.33. The molecule has 0 radical (unpaired) electrons. The van der Waals surface area contributed by atoms with Crippen molar-refractivity contribution in [1.29, 1.82) is 0 Å². The maximum Gasteiger partial charge on any atom is 0.00127 e. The molecule has 0 aromatic rings.